The van der Waals surface area contributed by atoms with Crippen molar-refractivity contribution in [3.05, 3.63) is 46.8 Å². The van der Waals surface area contributed by atoms with Gasteiger partial charge in [-0.1, -0.05) is 6.07 Å². The van der Waals surface area contributed by atoms with Crippen molar-refractivity contribution in [3.8, 4) is 11.6 Å². The van der Waals surface area contributed by atoms with Gasteiger partial charge in [0.25, 0.3) is 0 Å². The maximum atomic E-state index is 5.56. The van der Waals surface area contributed by atoms with E-state index in [4.69, 9.17) is 9.47 Å². The highest BCUT2D eigenvalue weighted by Crippen LogP contribution is 2.17. The zero-order chi connectivity index (χ0) is 12.1. The predicted octanol–water partition coefficient (Wildman–Crippen LogP) is 2.83. The topological polar surface area (TPSA) is 44.2 Å². The van der Waals surface area contributed by atoms with Gasteiger partial charge in [0.1, 0.15) is 12.4 Å². The van der Waals surface area contributed by atoms with Crippen molar-refractivity contribution in [2.75, 3.05) is 7.11 Å². The van der Waals surface area contributed by atoms with Gasteiger partial charge < -0.3 is 9.47 Å². The normalized spacial score (nSPS) is 10.0. The van der Waals surface area contributed by atoms with Crippen molar-refractivity contribution in [1.82, 2.24) is 9.97 Å². The average molecular weight is 295 g/mol. The Hall–Kier alpha value is -1.62. The lowest BCUT2D eigenvalue weighted by Gasteiger charge is -2.06. The van der Waals surface area contributed by atoms with E-state index in [0.717, 1.165) is 10.2 Å². The van der Waals surface area contributed by atoms with E-state index in [9.17, 15) is 0 Å². The fraction of sp³-hybridized carbons (Fsp3) is 0.167. The Bertz CT molecular complexity index is 505. The third-order valence-electron chi connectivity index (χ3n) is 2.06. The molecule has 0 aliphatic rings. The van der Waals surface area contributed by atoms with E-state index >= 15 is 0 Å². The fourth-order valence-electron chi connectivity index (χ4n) is 1.28. The van der Waals surface area contributed by atoms with E-state index in [0.29, 0.717) is 18.2 Å². The molecule has 0 saturated heterocycles. The molecule has 2 rings (SSSR count). The van der Waals surface area contributed by atoms with Gasteiger partial charge in [-0.05, 0) is 28.1 Å². The smallest absolute Gasteiger partial charge is 0.213 e. The fourth-order valence-corrected chi connectivity index (χ4v) is 1.62. The quantitative estimate of drug-likeness (QED) is 0.870. The second-order valence-electron chi connectivity index (χ2n) is 3.30. The molecule has 0 saturated carbocycles. The van der Waals surface area contributed by atoms with Crippen molar-refractivity contribution < 1.29 is 9.47 Å². The molecule has 2 heterocycles. The van der Waals surface area contributed by atoms with Crippen molar-refractivity contribution in [2.24, 2.45) is 0 Å². The van der Waals surface area contributed by atoms with Crippen LogP contribution in [0.4, 0.5) is 0 Å². The van der Waals surface area contributed by atoms with E-state index in [1.165, 1.54) is 0 Å². The van der Waals surface area contributed by atoms with Crippen molar-refractivity contribution >= 4 is 15.9 Å². The Kier molecular flexibility index (Phi) is 3.93. The summed E-state index contributed by atoms with van der Waals surface area (Å²) in [5.74, 6) is 1.28. The minimum Gasteiger partial charge on any atom is -0.486 e. The van der Waals surface area contributed by atoms with Gasteiger partial charge in [0.2, 0.25) is 5.88 Å². The van der Waals surface area contributed by atoms with Crippen molar-refractivity contribution in [2.45, 2.75) is 6.61 Å². The number of ether oxygens (including phenoxy) is 2. The SMILES string of the molecule is COc1cccc(COc2cncc(Br)c2)n1. The van der Waals surface area contributed by atoms with Gasteiger partial charge in [-0.15, -0.1) is 0 Å². The molecule has 0 spiro atoms. The highest BCUT2D eigenvalue weighted by atomic mass is 79.9. The highest BCUT2D eigenvalue weighted by Gasteiger charge is 2.00. The van der Waals surface area contributed by atoms with E-state index in [2.05, 4.69) is 25.9 Å². The van der Waals surface area contributed by atoms with Crippen LogP contribution in [0.3, 0.4) is 0 Å². The number of nitrogens with zero attached hydrogens (tertiary/aromatic N) is 2. The molecule has 0 aromatic carbocycles. The number of rotatable bonds is 4. The zero-order valence-corrected chi connectivity index (χ0v) is 10.8. The lowest BCUT2D eigenvalue weighted by molar-refractivity contribution is 0.296. The summed E-state index contributed by atoms with van der Waals surface area (Å²) in [6.07, 6.45) is 3.36. The maximum Gasteiger partial charge on any atom is 0.213 e. The summed E-state index contributed by atoms with van der Waals surface area (Å²) in [4.78, 5) is 8.26. The van der Waals surface area contributed by atoms with E-state index in [1.807, 2.05) is 18.2 Å². The second-order valence-corrected chi connectivity index (χ2v) is 4.21. The first-order valence-corrected chi connectivity index (χ1v) is 5.80. The van der Waals surface area contributed by atoms with Crippen molar-refractivity contribution in [3.63, 3.8) is 0 Å². The van der Waals surface area contributed by atoms with Crippen LogP contribution in [0.25, 0.3) is 0 Å². The van der Waals surface area contributed by atoms with Gasteiger partial charge >= 0.3 is 0 Å². The third-order valence-corrected chi connectivity index (χ3v) is 2.49. The van der Waals surface area contributed by atoms with E-state index < -0.39 is 0 Å². The number of pyridine rings is 2. The van der Waals surface area contributed by atoms with Crippen LogP contribution in [-0.2, 0) is 6.61 Å². The van der Waals surface area contributed by atoms with E-state index in [-0.39, 0.29) is 0 Å². The largest absolute Gasteiger partial charge is 0.486 e. The number of hydrogen-bond donors (Lipinski definition) is 0. The van der Waals surface area contributed by atoms with Crippen LogP contribution < -0.4 is 9.47 Å². The predicted molar refractivity (Wildman–Crippen MR) is 67.1 cm³/mol. The standard InChI is InChI=1S/C12H11BrN2O2/c1-16-12-4-2-3-10(15-12)8-17-11-5-9(13)6-14-7-11/h2-7H,8H2,1H3. The molecule has 0 unspecified atom stereocenters. The molecule has 0 aliphatic carbocycles. The molecule has 0 radical (unpaired) electrons. The van der Waals surface area contributed by atoms with Crippen LogP contribution in [0.15, 0.2) is 41.1 Å². The molecular weight excluding hydrogens is 284 g/mol. The highest BCUT2D eigenvalue weighted by molar-refractivity contribution is 9.10. The molecule has 0 N–H and O–H groups in total. The Balaban J connectivity index is 2.02. The Morgan fingerprint density at radius 2 is 2.18 bits per heavy atom. The van der Waals surface area contributed by atoms with Crippen LogP contribution in [0.1, 0.15) is 5.69 Å². The molecular formula is C12H11BrN2O2. The Morgan fingerprint density at radius 1 is 1.29 bits per heavy atom. The Morgan fingerprint density at radius 3 is 2.94 bits per heavy atom. The van der Waals surface area contributed by atoms with Gasteiger partial charge in [0, 0.05) is 16.7 Å². The summed E-state index contributed by atoms with van der Waals surface area (Å²) < 4.78 is 11.5. The molecule has 0 bridgehead atoms. The summed E-state index contributed by atoms with van der Waals surface area (Å²) in [5, 5.41) is 0. The molecule has 2 aromatic rings. The number of aromatic nitrogens is 2. The number of hydrogen-bond acceptors (Lipinski definition) is 4. The first-order chi connectivity index (χ1) is 8.28. The lowest BCUT2D eigenvalue weighted by Crippen LogP contribution is -1.99. The van der Waals surface area contributed by atoms with Crippen LogP contribution in [0, 0.1) is 0 Å². The average Bonchev–Trinajstić information content (AvgIpc) is 2.37. The maximum absolute atomic E-state index is 5.56. The van der Waals surface area contributed by atoms with E-state index in [1.54, 1.807) is 25.6 Å². The summed E-state index contributed by atoms with van der Waals surface area (Å²) in [5.41, 5.74) is 0.810. The van der Waals surface area contributed by atoms with Gasteiger partial charge in [-0.2, -0.15) is 0 Å². The summed E-state index contributed by atoms with van der Waals surface area (Å²) >= 11 is 3.33. The van der Waals surface area contributed by atoms with Crippen molar-refractivity contribution in [1.29, 1.82) is 0 Å². The molecule has 0 aliphatic heterocycles. The van der Waals surface area contributed by atoms with Crippen LogP contribution >= 0.6 is 15.9 Å². The summed E-state index contributed by atoms with van der Waals surface area (Å²) in [7, 11) is 1.59. The Labute approximate surface area is 108 Å². The van der Waals surface area contributed by atoms with Crippen LogP contribution in [0.2, 0.25) is 0 Å². The number of halogens is 1. The van der Waals surface area contributed by atoms with Gasteiger partial charge in [0.05, 0.1) is 19.0 Å². The van der Waals surface area contributed by atoms with Gasteiger partial charge in [0.15, 0.2) is 0 Å². The summed E-state index contributed by atoms with van der Waals surface area (Å²) in [6.45, 7) is 0.384. The third kappa shape index (κ3) is 3.42. The minimum atomic E-state index is 0.384. The van der Waals surface area contributed by atoms with Gasteiger partial charge in [-0.25, -0.2) is 4.98 Å². The molecule has 5 heteroatoms. The minimum absolute atomic E-state index is 0.384. The lowest BCUT2D eigenvalue weighted by atomic mass is 10.3. The summed E-state index contributed by atoms with van der Waals surface area (Å²) in [6, 6.07) is 7.41. The zero-order valence-electron chi connectivity index (χ0n) is 9.26. The molecule has 0 fully saturated rings. The van der Waals surface area contributed by atoms with Crippen LogP contribution in [-0.4, -0.2) is 17.1 Å². The molecule has 2 aromatic heterocycles. The number of methoxy groups -OCH3 is 1. The molecule has 17 heavy (non-hydrogen) atoms. The first kappa shape index (κ1) is 11.9. The molecule has 0 atom stereocenters. The molecule has 4 nitrogen and oxygen atoms in total. The molecule has 88 valence electrons. The monoisotopic (exact) mass is 294 g/mol. The second kappa shape index (κ2) is 5.63. The molecule has 0 amide bonds. The van der Waals surface area contributed by atoms with Crippen LogP contribution in [0.5, 0.6) is 11.6 Å². The van der Waals surface area contributed by atoms with Gasteiger partial charge in [-0.3, -0.25) is 4.98 Å². The first-order valence-electron chi connectivity index (χ1n) is 5.01.